The van der Waals surface area contributed by atoms with E-state index >= 15 is 0 Å². The summed E-state index contributed by atoms with van der Waals surface area (Å²) < 4.78 is 1.34. The molecule has 0 radical (unpaired) electrons. The summed E-state index contributed by atoms with van der Waals surface area (Å²) in [6, 6.07) is 12.8. The lowest BCUT2D eigenvalue weighted by atomic mass is 10.0. The number of carbonyl (C=O) groups is 2. The maximum absolute atomic E-state index is 12.8. The maximum atomic E-state index is 12.8. The molecule has 5 rings (SSSR count). The summed E-state index contributed by atoms with van der Waals surface area (Å²) in [7, 11) is 0. The van der Waals surface area contributed by atoms with Crippen LogP contribution >= 0.6 is 11.6 Å². The van der Waals surface area contributed by atoms with Gasteiger partial charge in [-0.2, -0.15) is 0 Å². The van der Waals surface area contributed by atoms with Gasteiger partial charge in [0.25, 0.3) is 17.4 Å². The zero-order valence-corrected chi connectivity index (χ0v) is 20.2. The van der Waals surface area contributed by atoms with Crippen molar-refractivity contribution in [2.75, 3.05) is 11.9 Å². The normalized spacial score (nSPS) is 13.6. The standard InChI is InChI=1S/C27H21ClN6O3/c28-24-8-6-18(13-32-24)15-34-16-29-14-22(27(34)37)25(35)31-10-1-3-17-5-7-20-21(12-19-4-2-9-30-19)26(36)33-23(20)11-17/h1-9,11-14,16,30H,10,15H2,(H,31,35)(H,33,36). The smallest absolute Gasteiger partial charge is 0.266 e. The van der Waals surface area contributed by atoms with Crippen LogP contribution in [-0.2, 0) is 11.3 Å². The first kappa shape index (κ1) is 24.0. The molecule has 1 aliphatic heterocycles. The van der Waals surface area contributed by atoms with Gasteiger partial charge >= 0.3 is 0 Å². The number of nitrogens with zero attached hydrogens (tertiary/aromatic N) is 3. The number of benzene rings is 1. The SMILES string of the molecule is O=C1Nc2cc(C=CCNC(=O)c3cncn(Cc4ccc(Cl)nc4)c3=O)ccc2C1=Cc1ccc[nH]1. The van der Waals surface area contributed by atoms with Crippen molar-refractivity contribution in [3.8, 4) is 0 Å². The van der Waals surface area contributed by atoms with Gasteiger partial charge in [-0.25, -0.2) is 9.97 Å². The third-order valence-electron chi connectivity index (χ3n) is 5.73. The average Bonchev–Trinajstić information content (AvgIpc) is 3.52. The lowest BCUT2D eigenvalue weighted by molar-refractivity contribution is -0.110. The van der Waals surface area contributed by atoms with Crippen molar-refractivity contribution < 1.29 is 9.59 Å². The van der Waals surface area contributed by atoms with Gasteiger partial charge in [-0.05, 0) is 41.5 Å². The highest BCUT2D eigenvalue weighted by molar-refractivity contribution is 6.34. The van der Waals surface area contributed by atoms with Crippen LogP contribution in [0.5, 0.6) is 0 Å². The number of aromatic nitrogens is 4. The molecular formula is C27H21ClN6O3. The lowest BCUT2D eigenvalue weighted by Crippen LogP contribution is -2.33. The number of hydrogen-bond acceptors (Lipinski definition) is 5. The summed E-state index contributed by atoms with van der Waals surface area (Å²) >= 11 is 5.80. The predicted molar refractivity (Wildman–Crippen MR) is 142 cm³/mol. The van der Waals surface area contributed by atoms with Gasteiger partial charge in [0, 0.05) is 42.1 Å². The molecule has 1 aliphatic rings. The molecule has 3 N–H and O–H groups in total. The van der Waals surface area contributed by atoms with Crippen molar-refractivity contribution in [3.63, 3.8) is 0 Å². The molecule has 10 heteroatoms. The number of rotatable bonds is 7. The monoisotopic (exact) mass is 512 g/mol. The molecule has 0 unspecified atom stereocenters. The molecule has 0 fully saturated rings. The summed E-state index contributed by atoms with van der Waals surface area (Å²) in [5.41, 5.74) is 4.09. The van der Waals surface area contributed by atoms with Gasteiger partial charge in [0.05, 0.1) is 18.4 Å². The van der Waals surface area contributed by atoms with E-state index in [4.69, 9.17) is 11.6 Å². The molecule has 0 saturated heterocycles. The number of H-pyrrole nitrogens is 1. The van der Waals surface area contributed by atoms with Crippen LogP contribution in [0.4, 0.5) is 5.69 Å². The van der Waals surface area contributed by atoms with Gasteiger partial charge in [-0.1, -0.05) is 42.0 Å². The lowest BCUT2D eigenvalue weighted by Gasteiger charge is -2.07. The Balaban J connectivity index is 1.22. The average molecular weight is 513 g/mol. The summed E-state index contributed by atoms with van der Waals surface area (Å²) in [5.74, 6) is -0.682. The summed E-state index contributed by atoms with van der Waals surface area (Å²) in [6.07, 6.45) is 11.4. The Morgan fingerprint density at radius 2 is 2.03 bits per heavy atom. The molecule has 37 heavy (non-hydrogen) atoms. The Kier molecular flexibility index (Phi) is 6.78. The minimum Gasteiger partial charge on any atom is -0.362 e. The van der Waals surface area contributed by atoms with Crippen LogP contribution in [-0.4, -0.2) is 37.9 Å². The first-order valence-corrected chi connectivity index (χ1v) is 11.8. The number of aromatic amines is 1. The van der Waals surface area contributed by atoms with Gasteiger partial charge in [0.15, 0.2) is 0 Å². The second-order valence-corrected chi connectivity index (χ2v) is 8.67. The molecule has 9 nitrogen and oxygen atoms in total. The fourth-order valence-electron chi connectivity index (χ4n) is 3.91. The third kappa shape index (κ3) is 5.41. The van der Waals surface area contributed by atoms with E-state index in [0.29, 0.717) is 10.7 Å². The number of pyridine rings is 1. The molecule has 0 bridgehead atoms. The first-order valence-electron chi connectivity index (χ1n) is 11.4. The van der Waals surface area contributed by atoms with E-state index in [0.717, 1.165) is 28.1 Å². The van der Waals surface area contributed by atoms with Crippen molar-refractivity contribution in [1.29, 1.82) is 0 Å². The molecular weight excluding hydrogens is 492 g/mol. The molecule has 3 aromatic heterocycles. The highest BCUT2D eigenvalue weighted by atomic mass is 35.5. The Morgan fingerprint density at radius 3 is 2.81 bits per heavy atom. The number of fused-ring (bicyclic) bond motifs is 1. The molecule has 0 spiro atoms. The molecule has 0 saturated carbocycles. The molecule has 4 heterocycles. The Hall–Kier alpha value is -4.76. The number of hydrogen-bond donors (Lipinski definition) is 3. The van der Waals surface area contributed by atoms with Crippen LogP contribution in [0.25, 0.3) is 17.7 Å². The first-order chi connectivity index (χ1) is 18.0. The van der Waals surface area contributed by atoms with Gasteiger partial charge in [0.1, 0.15) is 10.7 Å². The topological polar surface area (TPSA) is 122 Å². The largest absolute Gasteiger partial charge is 0.362 e. The summed E-state index contributed by atoms with van der Waals surface area (Å²) in [6.45, 7) is 0.420. The van der Waals surface area contributed by atoms with Crippen LogP contribution < -0.4 is 16.2 Å². The Bertz CT molecular complexity index is 1590. The molecule has 1 aromatic carbocycles. The minimum atomic E-state index is -0.522. The number of anilines is 1. The van der Waals surface area contributed by atoms with Crippen molar-refractivity contribution in [1.82, 2.24) is 24.8 Å². The second kappa shape index (κ2) is 10.5. The van der Waals surface area contributed by atoms with Gasteiger partial charge < -0.3 is 15.6 Å². The number of halogens is 1. The number of carbonyl (C=O) groups excluding carboxylic acids is 2. The van der Waals surface area contributed by atoms with E-state index in [-0.39, 0.29) is 24.6 Å². The summed E-state index contributed by atoms with van der Waals surface area (Å²) in [5, 5.41) is 5.95. The predicted octanol–water partition coefficient (Wildman–Crippen LogP) is 3.60. The zero-order valence-electron chi connectivity index (χ0n) is 19.4. The van der Waals surface area contributed by atoms with E-state index in [1.165, 1.54) is 17.1 Å². The highest BCUT2D eigenvalue weighted by Crippen LogP contribution is 2.33. The van der Waals surface area contributed by atoms with E-state index in [1.807, 2.05) is 42.5 Å². The summed E-state index contributed by atoms with van der Waals surface area (Å²) in [4.78, 5) is 48.8. The highest BCUT2D eigenvalue weighted by Gasteiger charge is 2.24. The van der Waals surface area contributed by atoms with E-state index in [2.05, 4.69) is 25.6 Å². The fourth-order valence-corrected chi connectivity index (χ4v) is 4.02. The van der Waals surface area contributed by atoms with E-state index in [1.54, 1.807) is 30.6 Å². The van der Waals surface area contributed by atoms with Gasteiger partial charge in [-0.3, -0.25) is 19.0 Å². The number of nitrogens with one attached hydrogen (secondary N) is 3. The zero-order chi connectivity index (χ0) is 25.8. The van der Waals surface area contributed by atoms with Crippen molar-refractivity contribution >= 4 is 46.8 Å². The quantitative estimate of drug-likeness (QED) is 0.258. The van der Waals surface area contributed by atoms with Crippen LogP contribution in [0, 0.1) is 0 Å². The van der Waals surface area contributed by atoms with Crippen molar-refractivity contribution in [2.24, 2.45) is 0 Å². The second-order valence-electron chi connectivity index (χ2n) is 8.28. The van der Waals surface area contributed by atoms with Crippen molar-refractivity contribution in [3.05, 3.63) is 117 Å². The third-order valence-corrected chi connectivity index (χ3v) is 5.95. The van der Waals surface area contributed by atoms with Crippen LogP contribution in [0.1, 0.15) is 32.7 Å². The van der Waals surface area contributed by atoms with Gasteiger partial charge in [0.2, 0.25) is 0 Å². The van der Waals surface area contributed by atoms with Crippen LogP contribution in [0.2, 0.25) is 5.15 Å². The molecule has 4 aromatic rings. The molecule has 184 valence electrons. The Morgan fingerprint density at radius 1 is 1.14 bits per heavy atom. The van der Waals surface area contributed by atoms with E-state index in [9.17, 15) is 14.4 Å². The Labute approximate surface area is 216 Å². The minimum absolute atomic E-state index is 0.0561. The molecule has 0 atom stereocenters. The van der Waals surface area contributed by atoms with Crippen LogP contribution in [0.3, 0.4) is 0 Å². The fraction of sp³-hybridized carbons (Fsp3) is 0.0741. The van der Waals surface area contributed by atoms with Crippen LogP contribution in [0.15, 0.2) is 78.3 Å². The number of amides is 2. The van der Waals surface area contributed by atoms with Gasteiger partial charge in [-0.15, -0.1) is 0 Å². The van der Waals surface area contributed by atoms with Crippen molar-refractivity contribution in [2.45, 2.75) is 6.54 Å². The molecule has 0 aliphatic carbocycles. The molecule has 2 amide bonds. The van der Waals surface area contributed by atoms with E-state index < -0.39 is 11.5 Å². The maximum Gasteiger partial charge on any atom is 0.266 e.